The number of nitrogens with two attached hydrogens (primary N) is 1. The van der Waals surface area contributed by atoms with E-state index in [0.717, 1.165) is 0 Å². The summed E-state index contributed by atoms with van der Waals surface area (Å²) in [7, 11) is 1.52. The molecule has 0 saturated carbocycles. The number of nitrogens with one attached hydrogen (secondary N) is 1. The van der Waals surface area contributed by atoms with Crippen molar-refractivity contribution in [2.75, 3.05) is 13.7 Å². The first-order valence-corrected chi connectivity index (χ1v) is 5.28. The highest BCUT2D eigenvalue weighted by Gasteiger charge is 2.35. The van der Waals surface area contributed by atoms with E-state index in [9.17, 15) is 13.2 Å². The Labute approximate surface area is 94.6 Å². The van der Waals surface area contributed by atoms with Gasteiger partial charge in [-0.25, -0.2) is 4.98 Å². The number of ether oxygens (including phenoxy) is 1. The summed E-state index contributed by atoms with van der Waals surface area (Å²) < 4.78 is 41.7. The molecule has 0 aliphatic carbocycles. The fraction of sp³-hybridized carbons (Fsp3) is 0.625. The van der Waals surface area contributed by atoms with E-state index >= 15 is 0 Å². The van der Waals surface area contributed by atoms with Gasteiger partial charge in [-0.3, -0.25) is 11.3 Å². The molecule has 1 heterocycles. The summed E-state index contributed by atoms with van der Waals surface area (Å²) in [6, 6.07) is -0.367. The van der Waals surface area contributed by atoms with Crippen LogP contribution in [0.25, 0.3) is 0 Å². The van der Waals surface area contributed by atoms with Crippen LogP contribution in [-0.4, -0.2) is 18.7 Å². The second kappa shape index (κ2) is 5.58. The monoisotopic (exact) mass is 255 g/mol. The van der Waals surface area contributed by atoms with Gasteiger partial charge >= 0.3 is 6.18 Å². The zero-order chi connectivity index (χ0) is 12.2. The van der Waals surface area contributed by atoms with Gasteiger partial charge < -0.3 is 4.74 Å². The van der Waals surface area contributed by atoms with Crippen molar-refractivity contribution in [1.29, 1.82) is 0 Å². The third-order valence-corrected chi connectivity index (χ3v) is 3.08. The SMILES string of the molecule is COCCC(NN)c1cnc(C(F)(F)F)s1. The van der Waals surface area contributed by atoms with Crippen molar-refractivity contribution in [3.05, 3.63) is 16.1 Å². The summed E-state index contributed by atoms with van der Waals surface area (Å²) in [5.41, 5.74) is 2.44. The van der Waals surface area contributed by atoms with Crippen molar-refractivity contribution >= 4 is 11.3 Å². The molecule has 92 valence electrons. The molecule has 0 aliphatic heterocycles. The lowest BCUT2D eigenvalue weighted by molar-refractivity contribution is -0.137. The summed E-state index contributed by atoms with van der Waals surface area (Å²) >= 11 is 0.589. The highest BCUT2D eigenvalue weighted by Crippen LogP contribution is 2.34. The molecule has 1 unspecified atom stereocenters. The smallest absolute Gasteiger partial charge is 0.385 e. The van der Waals surface area contributed by atoms with Crippen molar-refractivity contribution in [2.45, 2.75) is 18.6 Å². The van der Waals surface area contributed by atoms with Gasteiger partial charge in [0.15, 0.2) is 5.01 Å². The van der Waals surface area contributed by atoms with E-state index in [1.54, 1.807) is 0 Å². The molecule has 1 rings (SSSR count). The molecule has 0 aliphatic rings. The van der Waals surface area contributed by atoms with E-state index in [1.165, 1.54) is 13.3 Å². The first kappa shape index (κ1) is 13.4. The zero-order valence-electron chi connectivity index (χ0n) is 8.54. The number of rotatable bonds is 5. The number of hydrazine groups is 1. The molecule has 8 heteroatoms. The van der Waals surface area contributed by atoms with Crippen LogP contribution in [0.5, 0.6) is 0 Å². The van der Waals surface area contributed by atoms with Crippen molar-refractivity contribution in [3.8, 4) is 0 Å². The molecule has 3 N–H and O–H groups in total. The normalized spacial score (nSPS) is 14.1. The van der Waals surface area contributed by atoms with Crippen LogP contribution in [0.15, 0.2) is 6.20 Å². The number of aromatic nitrogens is 1. The topological polar surface area (TPSA) is 60.2 Å². The third-order valence-electron chi connectivity index (χ3n) is 1.92. The van der Waals surface area contributed by atoms with Gasteiger partial charge in [0.05, 0.1) is 6.04 Å². The highest BCUT2D eigenvalue weighted by atomic mass is 32.1. The molecule has 0 saturated heterocycles. The van der Waals surface area contributed by atoms with E-state index in [1.807, 2.05) is 0 Å². The maximum Gasteiger partial charge on any atom is 0.443 e. The molecular weight excluding hydrogens is 243 g/mol. The number of halogens is 3. The van der Waals surface area contributed by atoms with E-state index in [-0.39, 0.29) is 6.04 Å². The van der Waals surface area contributed by atoms with Gasteiger partial charge in [-0.2, -0.15) is 13.2 Å². The van der Waals surface area contributed by atoms with Gasteiger partial charge in [0, 0.05) is 24.8 Å². The molecule has 1 atom stereocenters. The van der Waals surface area contributed by atoms with Crippen molar-refractivity contribution in [1.82, 2.24) is 10.4 Å². The quantitative estimate of drug-likeness (QED) is 0.621. The number of alkyl halides is 3. The molecule has 1 aromatic heterocycles. The van der Waals surface area contributed by atoms with Gasteiger partial charge in [-0.05, 0) is 6.42 Å². The van der Waals surface area contributed by atoms with E-state index in [4.69, 9.17) is 10.6 Å². The van der Waals surface area contributed by atoms with Crippen molar-refractivity contribution in [3.63, 3.8) is 0 Å². The van der Waals surface area contributed by atoms with Gasteiger partial charge in [0.25, 0.3) is 0 Å². The van der Waals surface area contributed by atoms with Crippen LogP contribution < -0.4 is 11.3 Å². The lowest BCUT2D eigenvalue weighted by Crippen LogP contribution is -2.28. The minimum absolute atomic E-state index is 0.367. The summed E-state index contributed by atoms with van der Waals surface area (Å²) in [5, 5.41) is -0.861. The Morgan fingerprint density at radius 2 is 2.31 bits per heavy atom. The Balaban J connectivity index is 2.75. The zero-order valence-corrected chi connectivity index (χ0v) is 9.36. The summed E-state index contributed by atoms with van der Waals surface area (Å²) in [6.45, 7) is 0.411. The molecule has 0 spiro atoms. The number of methoxy groups -OCH3 is 1. The first-order valence-electron chi connectivity index (χ1n) is 4.47. The Morgan fingerprint density at radius 1 is 1.62 bits per heavy atom. The molecule has 0 fully saturated rings. The van der Waals surface area contributed by atoms with Crippen LogP contribution >= 0.6 is 11.3 Å². The van der Waals surface area contributed by atoms with Crippen LogP contribution in [0.3, 0.4) is 0 Å². The molecule has 1 aromatic rings. The second-order valence-corrected chi connectivity index (χ2v) is 4.13. The predicted octanol–water partition coefficient (Wildman–Crippen LogP) is 1.70. The lowest BCUT2D eigenvalue weighted by atomic mass is 10.2. The van der Waals surface area contributed by atoms with Gasteiger partial charge in [0.2, 0.25) is 0 Å². The van der Waals surface area contributed by atoms with Crippen molar-refractivity contribution in [2.24, 2.45) is 5.84 Å². The third kappa shape index (κ3) is 3.41. The predicted molar refractivity (Wildman–Crippen MR) is 53.7 cm³/mol. The van der Waals surface area contributed by atoms with Crippen LogP contribution in [0.4, 0.5) is 13.2 Å². The molecule has 0 aromatic carbocycles. The number of thiazole rings is 1. The van der Waals surface area contributed by atoms with Gasteiger partial charge in [-0.15, -0.1) is 11.3 Å². The standard InChI is InChI=1S/C8H12F3N3OS/c1-15-3-2-5(14-12)6-4-13-7(16-6)8(9,10)11/h4-5,14H,2-3,12H2,1H3. The second-order valence-electron chi connectivity index (χ2n) is 3.07. The highest BCUT2D eigenvalue weighted by molar-refractivity contribution is 7.11. The fourth-order valence-electron chi connectivity index (χ4n) is 1.12. The van der Waals surface area contributed by atoms with Crippen LogP contribution in [-0.2, 0) is 10.9 Å². The van der Waals surface area contributed by atoms with E-state index < -0.39 is 11.2 Å². The minimum Gasteiger partial charge on any atom is -0.385 e. The van der Waals surface area contributed by atoms with Gasteiger partial charge in [0.1, 0.15) is 0 Å². The molecule has 0 amide bonds. The largest absolute Gasteiger partial charge is 0.443 e. The van der Waals surface area contributed by atoms with Crippen LogP contribution in [0.1, 0.15) is 22.3 Å². The van der Waals surface area contributed by atoms with Crippen LogP contribution in [0, 0.1) is 0 Å². The minimum atomic E-state index is -4.40. The van der Waals surface area contributed by atoms with Gasteiger partial charge in [-0.1, -0.05) is 0 Å². The molecule has 0 bridgehead atoms. The number of hydrogen-bond donors (Lipinski definition) is 2. The van der Waals surface area contributed by atoms with E-state index in [2.05, 4.69) is 10.4 Å². The summed E-state index contributed by atoms with van der Waals surface area (Å²) in [4.78, 5) is 3.77. The first-order chi connectivity index (χ1) is 7.49. The number of hydrogen-bond acceptors (Lipinski definition) is 5. The number of nitrogens with zero attached hydrogens (tertiary/aromatic N) is 1. The maximum absolute atomic E-state index is 12.3. The summed E-state index contributed by atoms with van der Waals surface area (Å²) in [5.74, 6) is 5.26. The Bertz CT molecular complexity index is 329. The molecule has 0 radical (unpaired) electrons. The lowest BCUT2D eigenvalue weighted by Gasteiger charge is -2.12. The average Bonchev–Trinajstić information content (AvgIpc) is 2.68. The molecule has 16 heavy (non-hydrogen) atoms. The maximum atomic E-state index is 12.3. The average molecular weight is 255 g/mol. The Morgan fingerprint density at radius 3 is 2.75 bits per heavy atom. The Hall–Kier alpha value is -0.700. The molecular formula is C8H12F3N3OS. The summed E-state index contributed by atoms with van der Waals surface area (Å²) in [6.07, 6.45) is -2.72. The molecule has 4 nitrogen and oxygen atoms in total. The van der Waals surface area contributed by atoms with Crippen molar-refractivity contribution < 1.29 is 17.9 Å². The Kier molecular flexibility index (Phi) is 4.66. The van der Waals surface area contributed by atoms with E-state index in [0.29, 0.717) is 29.2 Å². The fourth-order valence-corrected chi connectivity index (χ4v) is 2.00. The van der Waals surface area contributed by atoms with Crippen LogP contribution in [0.2, 0.25) is 0 Å².